The Hall–Kier alpha value is -4.14. The Kier molecular flexibility index (Phi) is 5.63. The second-order valence-electron chi connectivity index (χ2n) is 7.29. The number of benzene rings is 2. The van der Waals surface area contributed by atoms with Gasteiger partial charge in [0, 0.05) is 43.4 Å². The average Bonchev–Trinajstić information content (AvgIpc) is 2.78. The van der Waals surface area contributed by atoms with Gasteiger partial charge in [0.05, 0.1) is 11.4 Å². The quantitative estimate of drug-likeness (QED) is 0.682. The minimum Gasteiger partial charge on any atom is -0.322 e. The number of hydrogen-bond donors (Lipinski definition) is 1. The molecule has 1 aliphatic rings. The molecule has 0 radical (unpaired) electrons. The van der Waals surface area contributed by atoms with E-state index >= 15 is 0 Å². The Labute approximate surface area is 181 Å². The van der Waals surface area contributed by atoms with Crippen LogP contribution in [0.5, 0.6) is 0 Å². The second-order valence-corrected chi connectivity index (χ2v) is 7.29. The van der Waals surface area contributed by atoms with E-state index in [4.69, 9.17) is 0 Å². The predicted octanol–water partition coefficient (Wildman–Crippen LogP) is 2.98. The van der Waals surface area contributed by atoms with Gasteiger partial charge in [-0.2, -0.15) is 9.78 Å². The number of nitrogens with zero attached hydrogens (tertiary/aromatic N) is 3. The summed E-state index contributed by atoms with van der Waals surface area (Å²) in [6.07, 6.45) is 2.81. The largest absolute Gasteiger partial charge is 0.322 e. The third kappa shape index (κ3) is 4.18. The Morgan fingerprint density at radius 2 is 1.84 bits per heavy atom. The van der Waals surface area contributed by atoms with E-state index in [0.29, 0.717) is 5.56 Å². The molecule has 4 rings (SSSR count). The smallest absolute Gasteiger partial charge is 0.271 e. The molecule has 1 N–H and O–H groups in total. The molecule has 0 saturated carbocycles. The highest BCUT2D eigenvalue weighted by Crippen LogP contribution is 2.33. The first kappa shape index (κ1) is 21.1. The second kappa shape index (κ2) is 8.54. The van der Waals surface area contributed by atoms with E-state index in [0.717, 1.165) is 10.7 Å². The van der Waals surface area contributed by atoms with Crippen LogP contribution in [0.3, 0.4) is 0 Å². The van der Waals surface area contributed by atoms with Crippen molar-refractivity contribution < 1.29 is 18.4 Å². The standard InChI is InChI=1S/C23H18F2N4O3/c1-28-13-18(17(12-22(28)31)14-4-6-15(24)7-5-14)23(32)27-20-11-16(8-9-19(20)25)29-21(30)3-2-10-26-29/h2-11,13,17H,12H2,1H3,(H,27,32)/t17-/m0/s1. The summed E-state index contributed by atoms with van der Waals surface area (Å²) in [4.78, 5) is 38.6. The molecule has 0 fully saturated rings. The third-order valence-electron chi connectivity index (χ3n) is 5.17. The number of amides is 2. The van der Waals surface area contributed by atoms with Gasteiger partial charge in [-0.05, 0) is 42.0 Å². The van der Waals surface area contributed by atoms with Gasteiger partial charge < -0.3 is 10.2 Å². The Morgan fingerprint density at radius 3 is 2.56 bits per heavy atom. The summed E-state index contributed by atoms with van der Waals surface area (Å²) in [6, 6.07) is 12.1. The van der Waals surface area contributed by atoms with Crippen molar-refractivity contribution in [3.8, 4) is 5.69 Å². The van der Waals surface area contributed by atoms with Gasteiger partial charge in [0.1, 0.15) is 11.6 Å². The predicted molar refractivity (Wildman–Crippen MR) is 113 cm³/mol. The van der Waals surface area contributed by atoms with Gasteiger partial charge in [-0.15, -0.1) is 0 Å². The number of anilines is 1. The van der Waals surface area contributed by atoms with Gasteiger partial charge >= 0.3 is 0 Å². The molecule has 0 saturated heterocycles. The van der Waals surface area contributed by atoms with E-state index in [1.165, 1.54) is 72.9 Å². The highest BCUT2D eigenvalue weighted by molar-refractivity contribution is 6.06. The van der Waals surface area contributed by atoms with E-state index in [2.05, 4.69) is 10.4 Å². The molecule has 0 aliphatic carbocycles. The lowest BCUT2D eigenvalue weighted by Gasteiger charge is -2.28. The van der Waals surface area contributed by atoms with E-state index < -0.39 is 29.0 Å². The third-order valence-corrected chi connectivity index (χ3v) is 5.17. The van der Waals surface area contributed by atoms with E-state index in [9.17, 15) is 23.2 Å². The fourth-order valence-electron chi connectivity index (χ4n) is 3.50. The zero-order valence-corrected chi connectivity index (χ0v) is 17.0. The molecule has 32 heavy (non-hydrogen) atoms. The molecular weight excluding hydrogens is 418 g/mol. The monoisotopic (exact) mass is 436 g/mol. The molecule has 0 bridgehead atoms. The minimum absolute atomic E-state index is 0.00718. The van der Waals surface area contributed by atoms with Crippen LogP contribution < -0.4 is 10.9 Å². The number of halogens is 2. The van der Waals surface area contributed by atoms with Crippen LogP contribution in [0, 0.1) is 11.6 Å². The van der Waals surface area contributed by atoms with Crippen LogP contribution in [-0.2, 0) is 9.59 Å². The van der Waals surface area contributed by atoms with Crippen molar-refractivity contribution in [2.45, 2.75) is 12.3 Å². The van der Waals surface area contributed by atoms with E-state index in [-0.39, 0.29) is 29.3 Å². The Balaban J connectivity index is 1.67. The maximum atomic E-state index is 14.5. The number of aromatic nitrogens is 2. The lowest BCUT2D eigenvalue weighted by atomic mass is 9.85. The summed E-state index contributed by atoms with van der Waals surface area (Å²) in [5.74, 6) is -2.59. The number of nitrogens with one attached hydrogen (secondary N) is 1. The Bertz CT molecular complexity index is 1280. The fourth-order valence-corrected chi connectivity index (χ4v) is 3.50. The molecule has 9 heteroatoms. The summed E-state index contributed by atoms with van der Waals surface area (Å²) in [5, 5.41) is 6.47. The Morgan fingerprint density at radius 1 is 1.09 bits per heavy atom. The number of rotatable bonds is 4. The van der Waals surface area contributed by atoms with Crippen LogP contribution >= 0.6 is 0 Å². The molecule has 7 nitrogen and oxygen atoms in total. The minimum atomic E-state index is -0.703. The van der Waals surface area contributed by atoms with Crippen molar-refractivity contribution in [3.63, 3.8) is 0 Å². The molecule has 3 aromatic rings. The number of carbonyl (C=O) groups excluding carboxylic acids is 2. The van der Waals surface area contributed by atoms with Crippen molar-refractivity contribution in [1.29, 1.82) is 0 Å². The molecule has 1 aliphatic heterocycles. The maximum absolute atomic E-state index is 14.5. The first-order chi connectivity index (χ1) is 15.3. The van der Waals surface area contributed by atoms with Crippen molar-refractivity contribution >= 4 is 17.5 Å². The lowest BCUT2D eigenvalue weighted by molar-refractivity contribution is -0.128. The van der Waals surface area contributed by atoms with Gasteiger partial charge in [0.2, 0.25) is 5.91 Å². The van der Waals surface area contributed by atoms with Gasteiger partial charge in [-0.25, -0.2) is 8.78 Å². The first-order valence-electron chi connectivity index (χ1n) is 9.72. The van der Waals surface area contributed by atoms with Crippen molar-refractivity contribution in [2.24, 2.45) is 0 Å². The molecule has 2 aromatic carbocycles. The van der Waals surface area contributed by atoms with Crippen LogP contribution in [0.15, 0.2) is 77.4 Å². The van der Waals surface area contributed by atoms with Crippen LogP contribution in [0.4, 0.5) is 14.5 Å². The van der Waals surface area contributed by atoms with E-state index in [1.807, 2.05) is 0 Å². The van der Waals surface area contributed by atoms with Crippen molar-refractivity contribution in [3.05, 3.63) is 100 Å². The van der Waals surface area contributed by atoms with Gasteiger partial charge in [0.15, 0.2) is 0 Å². The molecule has 0 spiro atoms. The number of hydrogen-bond acceptors (Lipinski definition) is 4. The van der Waals surface area contributed by atoms with Gasteiger partial charge in [-0.1, -0.05) is 12.1 Å². The summed E-state index contributed by atoms with van der Waals surface area (Å²) in [5.41, 5.74) is 0.514. The summed E-state index contributed by atoms with van der Waals surface area (Å²) in [6.45, 7) is 0. The molecule has 1 aromatic heterocycles. The number of carbonyl (C=O) groups is 2. The van der Waals surface area contributed by atoms with Crippen LogP contribution in [0.1, 0.15) is 17.9 Å². The zero-order chi connectivity index (χ0) is 22.8. The SMILES string of the molecule is CN1C=C(C(=O)Nc2cc(-n3ncccc3=O)ccc2F)[C@H](c2ccc(F)cc2)CC1=O. The average molecular weight is 436 g/mol. The summed E-state index contributed by atoms with van der Waals surface area (Å²) < 4.78 is 28.9. The van der Waals surface area contributed by atoms with Crippen molar-refractivity contribution in [1.82, 2.24) is 14.7 Å². The van der Waals surface area contributed by atoms with E-state index in [1.54, 1.807) is 0 Å². The molecule has 0 unspecified atom stereocenters. The fraction of sp³-hybridized carbons (Fsp3) is 0.130. The molecular formula is C23H18F2N4O3. The van der Waals surface area contributed by atoms with Crippen LogP contribution in [0.25, 0.3) is 5.69 Å². The van der Waals surface area contributed by atoms with Crippen LogP contribution in [-0.4, -0.2) is 33.5 Å². The molecule has 162 valence electrons. The normalized spacial score (nSPS) is 16.0. The first-order valence-corrected chi connectivity index (χ1v) is 9.72. The maximum Gasteiger partial charge on any atom is 0.271 e. The highest BCUT2D eigenvalue weighted by atomic mass is 19.1. The lowest BCUT2D eigenvalue weighted by Crippen LogP contribution is -2.33. The van der Waals surface area contributed by atoms with Crippen LogP contribution in [0.2, 0.25) is 0 Å². The van der Waals surface area contributed by atoms with Gasteiger partial charge in [0.25, 0.3) is 11.5 Å². The zero-order valence-electron chi connectivity index (χ0n) is 17.0. The summed E-state index contributed by atoms with van der Waals surface area (Å²) in [7, 11) is 1.52. The molecule has 2 amide bonds. The highest BCUT2D eigenvalue weighted by Gasteiger charge is 2.31. The molecule has 1 atom stereocenters. The molecule has 2 heterocycles. The summed E-state index contributed by atoms with van der Waals surface area (Å²) >= 11 is 0. The van der Waals surface area contributed by atoms with Gasteiger partial charge in [-0.3, -0.25) is 14.4 Å². The topological polar surface area (TPSA) is 84.3 Å². The van der Waals surface area contributed by atoms with Crippen molar-refractivity contribution in [2.75, 3.05) is 12.4 Å².